The summed E-state index contributed by atoms with van der Waals surface area (Å²) in [6.45, 7) is 4.51. The summed E-state index contributed by atoms with van der Waals surface area (Å²) in [6, 6.07) is 6.50. The van der Waals surface area contributed by atoms with Gasteiger partial charge in [-0.1, -0.05) is 6.07 Å². The van der Waals surface area contributed by atoms with Crippen LogP contribution < -0.4 is 10.6 Å². The Hall–Kier alpha value is -4.13. The van der Waals surface area contributed by atoms with E-state index in [-0.39, 0.29) is 17.3 Å². The number of nitrogens with zero attached hydrogens (tertiary/aromatic N) is 6. The van der Waals surface area contributed by atoms with Crippen LogP contribution in [-0.2, 0) is 12.7 Å². The van der Waals surface area contributed by atoms with Gasteiger partial charge in [0.25, 0.3) is 0 Å². The molecule has 232 valence electrons. The van der Waals surface area contributed by atoms with E-state index in [0.717, 1.165) is 62.6 Å². The number of anilines is 2. The van der Waals surface area contributed by atoms with Gasteiger partial charge in [-0.3, -0.25) is 0 Å². The number of nitrogen functional groups attached to an aromatic ring is 1. The minimum atomic E-state index is -4.82. The van der Waals surface area contributed by atoms with Crippen LogP contribution in [0.15, 0.2) is 48.9 Å². The third-order valence-electron chi connectivity index (χ3n) is 8.46. The number of benzene rings is 2. The van der Waals surface area contributed by atoms with Crippen molar-refractivity contribution in [1.82, 2.24) is 24.4 Å². The zero-order valence-corrected chi connectivity index (χ0v) is 23.8. The summed E-state index contributed by atoms with van der Waals surface area (Å²) in [7, 11) is 0. The second-order valence-corrected chi connectivity index (χ2v) is 11.3. The van der Waals surface area contributed by atoms with Gasteiger partial charge in [0.2, 0.25) is 0 Å². The summed E-state index contributed by atoms with van der Waals surface area (Å²) >= 11 is 0. The van der Waals surface area contributed by atoms with E-state index >= 15 is 0 Å². The van der Waals surface area contributed by atoms with Crippen LogP contribution in [0, 0.1) is 17.5 Å². The third-order valence-corrected chi connectivity index (χ3v) is 8.46. The van der Waals surface area contributed by atoms with Crippen molar-refractivity contribution in [3.63, 3.8) is 0 Å². The fourth-order valence-electron chi connectivity index (χ4n) is 6.14. The number of aromatic nitrogens is 4. The lowest BCUT2D eigenvalue weighted by Gasteiger charge is -2.34. The van der Waals surface area contributed by atoms with E-state index in [9.17, 15) is 26.3 Å². The van der Waals surface area contributed by atoms with Crippen LogP contribution in [0.2, 0.25) is 0 Å². The average Bonchev–Trinajstić information content (AvgIpc) is 3.68. The molecule has 4 heterocycles. The molecule has 2 saturated heterocycles. The van der Waals surface area contributed by atoms with Gasteiger partial charge in [-0.05, 0) is 74.7 Å². The maximum absolute atomic E-state index is 14.1. The van der Waals surface area contributed by atoms with Crippen LogP contribution in [0.5, 0.6) is 0 Å². The highest BCUT2D eigenvalue weighted by atomic mass is 19.4. The number of alkyl halides is 3. The standard InChI is InChI=1S/C31H31F6N7/c32-23-5-3-20(15-22(23)31(35,36)37)26-17-44(14-13-42-9-1-2-10-42)29(41-26)19-7-11-43(12-8-19)30-27(28(38)39-18-40-30)21-4-6-24(33)25(34)16-21/h3-6,15-19H,1-2,7-14H2,(H2,38,39,40). The molecule has 2 aliphatic rings. The Morgan fingerprint density at radius 1 is 0.818 bits per heavy atom. The molecular formula is C31H31F6N7. The van der Waals surface area contributed by atoms with Crippen molar-refractivity contribution in [3.05, 3.63) is 77.8 Å². The first-order valence-corrected chi connectivity index (χ1v) is 14.6. The third kappa shape index (κ3) is 6.10. The fourth-order valence-corrected chi connectivity index (χ4v) is 6.14. The van der Waals surface area contributed by atoms with Crippen molar-refractivity contribution in [2.24, 2.45) is 0 Å². The van der Waals surface area contributed by atoms with Crippen LogP contribution in [0.3, 0.4) is 0 Å². The Bertz CT molecular complexity index is 1640. The maximum Gasteiger partial charge on any atom is 0.419 e. The second-order valence-electron chi connectivity index (χ2n) is 11.3. The Labute approximate surface area is 250 Å². The fraction of sp³-hybridized carbons (Fsp3) is 0.387. The Morgan fingerprint density at radius 3 is 2.23 bits per heavy atom. The quantitative estimate of drug-likeness (QED) is 0.239. The molecule has 2 aromatic carbocycles. The Balaban J connectivity index is 1.27. The molecule has 0 unspecified atom stereocenters. The van der Waals surface area contributed by atoms with Gasteiger partial charge in [0, 0.05) is 43.9 Å². The molecule has 2 aliphatic heterocycles. The Morgan fingerprint density at radius 2 is 1.52 bits per heavy atom. The normalized spacial score (nSPS) is 16.6. The molecule has 0 amide bonds. The van der Waals surface area contributed by atoms with Gasteiger partial charge in [0.05, 0.1) is 16.8 Å². The minimum absolute atomic E-state index is 0.00740. The smallest absolute Gasteiger partial charge is 0.383 e. The molecule has 44 heavy (non-hydrogen) atoms. The first kappa shape index (κ1) is 29.9. The number of hydrogen-bond acceptors (Lipinski definition) is 6. The predicted molar refractivity (Wildman–Crippen MR) is 154 cm³/mol. The molecule has 0 atom stereocenters. The lowest BCUT2D eigenvalue weighted by Crippen LogP contribution is -2.35. The highest BCUT2D eigenvalue weighted by molar-refractivity contribution is 5.84. The summed E-state index contributed by atoms with van der Waals surface area (Å²) < 4.78 is 84.1. The first-order chi connectivity index (χ1) is 21.1. The molecule has 0 aliphatic carbocycles. The molecule has 0 saturated carbocycles. The van der Waals surface area contributed by atoms with Crippen LogP contribution in [0.4, 0.5) is 38.0 Å². The van der Waals surface area contributed by atoms with Crippen molar-refractivity contribution >= 4 is 11.6 Å². The SMILES string of the molecule is Nc1ncnc(N2CCC(c3nc(-c4ccc(F)c(C(F)(F)F)c4)cn3CCN3CCCC3)CC2)c1-c1ccc(F)c(F)c1. The minimum Gasteiger partial charge on any atom is -0.383 e. The molecule has 0 spiro atoms. The molecule has 4 aromatic rings. The second kappa shape index (κ2) is 12.1. The zero-order valence-electron chi connectivity index (χ0n) is 23.8. The van der Waals surface area contributed by atoms with Gasteiger partial charge in [-0.25, -0.2) is 28.1 Å². The largest absolute Gasteiger partial charge is 0.419 e. The molecule has 6 rings (SSSR count). The van der Waals surface area contributed by atoms with Crippen molar-refractivity contribution in [2.75, 3.05) is 43.4 Å². The van der Waals surface area contributed by atoms with Gasteiger partial charge < -0.3 is 20.1 Å². The van der Waals surface area contributed by atoms with Crippen molar-refractivity contribution in [1.29, 1.82) is 0 Å². The summed E-state index contributed by atoms with van der Waals surface area (Å²) in [5.74, 6) is -1.90. The van der Waals surface area contributed by atoms with Gasteiger partial charge >= 0.3 is 6.18 Å². The number of halogens is 6. The van der Waals surface area contributed by atoms with E-state index in [0.29, 0.717) is 55.1 Å². The molecule has 0 bridgehead atoms. The number of rotatable bonds is 7. The number of hydrogen-bond donors (Lipinski definition) is 1. The lowest BCUT2D eigenvalue weighted by molar-refractivity contribution is -0.139. The van der Waals surface area contributed by atoms with Crippen molar-refractivity contribution in [3.8, 4) is 22.4 Å². The predicted octanol–water partition coefficient (Wildman–Crippen LogP) is 6.51. The van der Waals surface area contributed by atoms with E-state index in [1.54, 1.807) is 6.20 Å². The number of imidazole rings is 1. The molecule has 2 N–H and O–H groups in total. The first-order valence-electron chi connectivity index (χ1n) is 14.6. The number of likely N-dealkylation sites (tertiary alicyclic amines) is 1. The van der Waals surface area contributed by atoms with Crippen molar-refractivity contribution < 1.29 is 26.3 Å². The topological polar surface area (TPSA) is 76.1 Å². The van der Waals surface area contributed by atoms with Gasteiger partial charge in [0.15, 0.2) is 11.6 Å². The molecular weight excluding hydrogens is 584 g/mol. The summed E-state index contributed by atoms with van der Waals surface area (Å²) in [4.78, 5) is 17.7. The van der Waals surface area contributed by atoms with E-state index in [4.69, 9.17) is 10.7 Å². The molecule has 7 nitrogen and oxygen atoms in total. The molecule has 2 fully saturated rings. The van der Waals surface area contributed by atoms with E-state index in [2.05, 4.69) is 14.9 Å². The van der Waals surface area contributed by atoms with Crippen molar-refractivity contribution in [2.45, 2.75) is 44.3 Å². The number of nitrogens with two attached hydrogens (primary N) is 1. The van der Waals surface area contributed by atoms with Crippen LogP contribution in [0.1, 0.15) is 43.0 Å². The van der Waals surface area contributed by atoms with E-state index in [1.807, 2.05) is 9.47 Å². The van der Waals surface area contributed by atoms with Crippen LogP contribution >= 0.6 is 0 Å². The summed E-state index contributed by atoms with van der Waals surface area (Å²) in [5, 5.41) is 0. The maximum atomic E-state index is 14.1. The summed E-state index contributed by atoms with van der Waals surface area (Å²) in [5.41, 5.74) is 6.18. The van der Waals surface area contributed by atoms with Gasteiger partial charge in [0.1, 0.15) is 29.6 Å². The zero-order chi connectivity index (χ0) is 31.0. The molecule has 13 heteroatoms. The lowest BCUT2D eigenvalue weighted by atomic mass is 9.95. The monoisotopic (exact) mass is 615 g/mol. The van der Waals surface area contributed by atoms with Gasteiger partial charge in [-0.2, -0.15) is 13.2 Å². The van der Waals surface area contributed by atoms with Crippen LogP contribution in [0.25, 0.3) is 22.4 Å². The van der Waals surface area contributed by atoms with E-state index in [1.165, 1.54) is 18.5 Å². The number of piperidine rings is 1. The summed E-state index contributed by atoms with van der Waals surface area (Å²) in [6.07, 6.45) is 1.84. The average molecular weight is 616 g/mol. The highest BCUT2D eigenvalue weighted by Gasteiger charge is 2.35. The molecule has 0 radical (unpaired) electrons. The van der Waals surface area contributed by atoms with Crippen LogP contribution in [-0.4, -0.2) is 57.1 Å². The van der Waals surface area contributed by atoms with Gasteiger partial charge in [-0.15, -0.1) is 0 Å². The molecule has 2 aromatic heterocycles. The Kier molecular flexibility index (Phi) is 8.23. The highest BCUT2D eigenvalue weighted by Crippen LogP contribution is 2.38. The van der Waals surface area contributed by atoms with E-state index < -0.39 is 29.2 Å².